The van der Waals surface area contributed by atoms with Gasteiger partial charge < -0.3 is 5.32 Å². The summed E-state index contributed by atoms with van der Waals surface area (Å²) in [5.74, 6) is 2.99. The molecule has 116 valence electrons. The molecule has 0 aromatic heterocycles. The summed E-state index contributed by atoms with van der Waals surface area (Å²) >= 11 is 0. The molecule has 1 heteroatoms. The molecule has 1 N–H and O–H groups in total. The van der Waals surface area contributed by atoms with E-state index in [4.69, 9.17) is 0 Å². The molecule has 0 saturated heterocycles. The first-order valence-corrected chi connectivity index (χ1v) is 8.76. The number of nitrogens with one attached hydrogen (secondary N) is 1. The van der Waals surface area contributed by atoms with E-state index in [1.165, 1.54) is 36.8 Å². The molecule has 4 atom stereocenters. The van der Waals surface area contributed by atoms with Crippen LogP contribution < -0.4 is 5.32 Å². The quantitative estimate of drug-likeness (QED) is 0.830. The molecule has 21 heavy (non-hydrogen) atoms. The summed E-state index contributed by atoms with van der Waals surface area (Å²) in [5.41, 5.74) is 3.09. The molecule has 3 rings (SSSR count). The van der Waals surface area contributed by atoms with Crippen molar-refractivity contribution < 1.29 is 0 Å². The number of benzene rings is 1. The maximum Gasteiger partial charge on any atom is 0.0208 e. The van der Waals surface area contributed by atoms with E-state index >= 15 is 0 Å². The van der Waals surface area contributed by atoms with Crippen LogP contribution in [0.4, 0.5) is 0 Å². The highest BCUT2D eigenvalue weighted by molar-refractivity contribution is 5.27. The highest BCUT2D eigenvalue weighted by Crippen LogP contribution is 2.49. The second-order valence-electron chi connectivity index (χ2n) is 8.46. The van der Waals surface area contributed by atoms with Crippen LogP contribution in [-0.4, -0.2) is 6.04 Å². The van der Waals surface area contributed by atoms with E-state index < -0.39 is 0 Å². The van der Waals surface area contributed by atoms with Crippen LogP contribution in [0.2, 0.25) is 0 Å². The van der Waals surface area contributed by atoms with Crippen molar-refractivity contribution in [3.8, 4) is 0 Å². The van der Waals surface area contributed by atoms with Crippen LogP contribution >= 0.6 is 0 Å². The zero-order valence-corrected chi connectivity index (χ0v) is 14.2. The first-order chi connectivity index (χ1) is 9.93. The zero-order chi connectivity index (χ0) is 15.0. The maximum absolute atomic E-state index is 3.78. The lowest BCUT2D eigenvalue weighted by Gasteiger charge is -2.28. The summed E-state index contributed by atoms with van der Waals surface area (Å²) < 4.78 is 0. The fraction of sp³-hybridized carbons (Fsp3) is 0.700. The van der Waals surface area contributed by atoms with Gasteiger partial charge in [0.05, 0.1) is 0 Å². The third-order valence-corrected chi connectivity index (χ3v) is 5.88. The lowest BCUT2D eigenvalue weighted by Crippen LogP contribution is -2.35. The summed E-state index contributed by atoms with van der Waals surface area (Å²) in [6.07, 6.45) is 5.97. The maximum atomic E-state index is 3.78. The largest absolute Gasteiger partial charge is 0.310 e. The average molecular weight is 285 g/mol. The molecule has 0 aliphatic heterocycles. The van der Waals surface area contributed by atoms with Gasteiger partial charge in [0.2, 0.25) is 0 Å². The molecule has 2 saturated carbocycles. The lowest BCUT2D eigenvalue weighted by atomic mass is 9.84. The Balaban J connectivity index is 1.53. The van der Waals surface area contributed by atoms with Crippen LogP contribution in [0.25, 0.3) is 0 Å². The lowest BCUT2D eigenvalue weighted by molar-refractivity contribution is 0.259. The minimum absolute atomic E-state index is 0.252. The Morgan fingerprint density at radius 3 is 2.33 bits per heavy atom. The first kappa shape index (κ1) is 15.1. The Morgan fingerprint density at radius 1 is 1.10 bits per heavy atom. The van der Waals surface area contributed by atoms with Crippen LogP contribution in [0.5, 0.6) is 0 Å². The fourth-order valence-electron chi connectivity index (χ4n) is 4.46. The molecule has 4 unspecified atom stereocenters. The van der Waals surface area contributed by atoms with E-state index in [1.807, 2.05) is 0 Å². The predicted molar refractivity (Wildman–Crippen MR) is 90.4 cm³/mol. The standard InChI is InChI=1S/C20H31N/c1-14(19-12-16-5-8-17(19)11-16)21-13-15-6-9-18(10-7-15)20(2,3)4/h6-7,9-10,14,16-17,19,21H,5,8,11-13H2,1-4H3. The van der Waals surface area contributed by atoms with E-state index in [-0.39, 0.29) is 5.41 Å². The van der Waals surface area contributed by atoms with Crippen molar-refractivity contribution in [2.75, 3.05) is 0 Å². The monoisotopic (exact) mass is 285 g/mol. The molecular weight excluding hydrogens is 254 g/mol. The SMILES string of the molecule is CC(NCc1ccc(C(C)(C)C)cc1)C1CC2CCC1C2. The van der Waals surface area contributed by atoms with Gasteiger partial charge in [0.1, 0.15) is 0 Å². The van der Waals surface area contributed by atoms with Gasteiger partial charge in [-0.25, -0.2) is 0 Å². The van der Waals surface area contributed by atoms with Crippen LogP contribution in [0, 0.1) is 17.8 Å². The number of hydrogen-bond acceptors (Lipinski definition) is 1. The van der Waals surface area contributed by atoms with Crippen LogP contribution in [0.1, 0.15) is 64.5 Å². The molecular formula is C20H31N. The predicted octanol–water partition coefficient (Wildman–Crippen LogP) is 4.90. The van der Waals surface area contributed by atoms with Gasteiger partial charge in [0, 0.05) is 12.6 Å². The van der Waals surface area contributed by atoms with Gasteiger partial charge in [-0.1, -0.05) is 51.5 Å². The number of hydrogen-bond donors (Lipinski definition) is 1. The summed E-state index contributed by atoms with van der Waals surface area (Å²) in [7, 11) is 0. The molecule has 2 fully saturated rings. The van der Waals surface area contributed by atoms with E-state index in [0.29, 0.717) is 6.04 Å². The first-order valence-electron chi connectivity index (χ1n) is 8.76. The number of rotatable bonds is 4. The van der Waals surface area contributed by atoms with E-state index in [0.717, 1.165) is 24.3 Å². The molecule has 2 bridgehead atoms. The van der Waals surface area contributed by atoms with E-state index in [1.54, 1.807) is 0 Å². The Morgan fingerprint density at radius 2 is 1.81 bits per heavy atom. The van der Waals surface area contributed by atoms with Gasteiger partial charge in [0.25, 0.3) is 0 Å². The summed E-state index contributed by atoms with van der Waals surface area (Å²) in [4.78, 5) is 0. The van der Waals surface area contributed by atoms with Crippen molar-refractivity contribution in [2.24, 2.45) is 17.8 Å². The Hall–Kier alpha value is -0.820. The van der Waals surface area contributed by atoms with Gasteiger partial charge in [-0.05, 0) is 60.5 Å². The van der Waals surface area contributed by atoms with Crippen molar-refractivity contribution >= 4 is 0 Å². The average Bonchev–Trinajstić information content (AvgIpc) is 3.07. The van der Waals surface area contributed by atoms with Gasteiger partial charge in [-0.15, -0.1) is 0 Å². The van der Waals surface area contributed by atoms with Crippen LogP contribution in [0.3, 0.4) is 0 Å². The molecule has 0 spiro atoms. The second kappa shape index (κ2) is 5.76. The molecule has 0 heterocycles. The molecule has 0 amide bonds. The molecule has 1 aromatic rings. The van der Waals surface area contributed by atoms with Gasteiger partial charge in [0.15, 0.2) is 0 Å². The van der Waals surface area contributed by atoms with E-state index in [2.05, 4.69) is 57.3 Å². The highest BCUT2D eigenvalue weighted by atomic mass is 14.9. The normalized spacial score (nSPS) is 29.8. The Bertz CT molecular complexity index is 468. The summed E-state index contributed by atoms with van der Waals surface area (Å²) in [6.45, 7) is 10.2. The number of fused-ring (bicyclic) bond motifs is 2. The van der Waals surface area contributed by atoms with E-state index in [9.17, 15) is 0 Å². The highest BCUT2D eigenvalue weighted by Gasteiger charge is 2.41. The topological polar surface area (TPSA) is 12.0 Å². The molecule has 2 aliphatic rings. The Labute approximate surface area is 130 Å². The molecule has 1 nitrogen and oxygen atoms in total. The second-order valence-corrected chi connectivity index (χ2v) is 8.46. The van der Waals surface area contributed by atoms with Crippen molar-refractivity contribution in [2.45, 2.75) is 71.4 Å². The van der Waals surface area contributed by atoms with Gasteiger partial charge >= 0.3 is 0 Å². The molecule has 0 radical (unpaired) electrons. The van der Waals surface area contributed by atoms with Crippen LogP contribution in [-0.2, 0) is 12.0 Å². The molecule has 1 aromatic carbocycles. The fourth-order valence-corrected chi connectivity index (χ4v) is 4.46. The van der Waals surface area contributed by atoms with Crippen molar-refractivity contribution in [3.63, 3.8) is 0 Å². The summed E-state index contributed by atoms with van der Waals surface area (Å²) in [6, 6.07) is 9.84. The van der Waals surface area contributed by atoms with Crippen LogP contribution in [0.15, 0.2) is 24.3 Å². The zero-order valence-electron chi connectivity index (χ0n) is 14.2. The third kappa shape index (κ3) is 3.34. The van der Waals surface area contributed by atoms with Gasteiger partial charge in [-0.2, -0.15) is 0 Å². The minimum Gasteiger partial charge on any atom is -0.310 e. The van der Waals surface area contributed by atoms with Crippen molar-refractivity contribution in [3.05, 3.63) is 35.4 Å². The van der Waals surface area contributed by atoms with Gasteiger partial charge in [-0.3, -0.25) is 0 Å². The molecule has 2 aliphatic carbocycles. The van der Waals surface area contributed by atoms with Crippen molar-refractivity contribution in [1.82, 2.24) is 5.32 Å². The summed E-state index contributed by atoms with van der Waals surface area (Å²) in [5, 5.41) is 3.78. The third-order valence-electron chi connectivity index (χ3n) is 5.88. The van der Waals surface area contributed by atoms with Crippen molar-refractivity contribution in [1.29, 1.82) is 0 Å². The Kier molecular flexibility index (Phi) is 4.14. The minimum atomic E-state index is 0.252. The smallest absolute Gasteiger partial charge is 0.0208 e.